The van der Waals surface area contributed by atoms with Gasteiger partial charge in [0, 0.05) is 37.5 Å². The van der Waals surface area contributed by atoms with Crippen LogP contribution >= 0.6 is 47.1 Å². The number of alkyl halides is 3. The number of rotatable bonds is 7. The van der Waals surface area contributed by atoms with Gasteiger partial charge in [-0.1, -0.05) is 23.9 Å². The van der Waals surface area contributed by atoms with E-state index in [1.54, 1.807) is 36.3 Å². The van der Waals surface area contributed by atoms with E-state index in [-0.39, 0.29) is 24.0 Å². The standard InChI is InChI=1S/C16H19F3N4S2.HI/c1-20-14(21-7-2-9-24-15-22-8-10-25-15)23-11-12-3-5-13(6-4-12)16(17,18)19;/h3-6,8,10H,2,7,9,11H2,1H3,(H2,20,21,23);1H. The highest BCUT2D eigenvalue weighted by Gasteiger charge is 2.29. The van der Waals surface area contributed by atoms with E-state index >= 15 is 0 Å². The molecule has 0 radical (unpaired) electrons. The van der Waals surface area contributed by atoms with Crippen molar-refractivity contribution in [2.45, 2.75) is 23.5 Å². The number of thiazole rings is 1. The molecule has 0 unspecified atom stereocenters. The predicted octanol–water partition coefficient (Wildman–Crippen LogP) is 4.63. The maximum atomic E-state index is 12.5. The summed E-state index contributed by atoms with van der Waals surface area (Å²) in [6, 6.07) is 5.10. The maximum absolute atomic E-state index is 12.5. The van der Waals surface area contributed by atoms with Crippen molar-refractivity contribution < 1.29 is 13.2 Å². The summed E-state index contributed by atoms with van der Waals surface area (Å²) in [5, 5.41) is 8.22. The Labute approximate surface area is 176 Å². The van der Waals surface area contributed by atoms with Crippen molar-refractivity contribution >= 4 is 53.0 Å². The average molecular weight is 516 g/mol. The van der Waals surface area contributed by atoms with Crippen molar-refractivity contribution in [1.82, 2.24) is 15.6 Å². The minimum atomic E-state index is -4.31. The number of thioether (sulfide) groups is 1. The van der Waals surface area contributed by atoms with Gasteiger partial charge in [0.2, 0.25) is 0 Å². The van der Waals surface area contributed by atoms with Gasteiger partial charge in [0.1, 0.15) is 4.34 Å². The van der Waals surface area contributed by atoms with Crippen LogP contribution in [0.4, 0.5) is 13.2 Å². The van der Waals surface area contributed by atoms with Crippen LogP contribution in [0.2, 0.25) is 0 Å². The number of halogens is 4. The van der Waals surface area contributed by atoms with Gasteiger partial charge in [-0.2, -0.15) is 13.2 Å². The topological polar surface area (TPSA) is 49.3 Å². The lowest BCUT2D eigenvalue weighted by molar-refractivity contribution is -0.137. The maximum Gasteiger partial charge on any atom is 0.416 e. The number of guanidine groups is 1. The first-order chi connectivity index (χ1) is 12.0. The van der Waals surface area contributed by atoms with Crippen molar-refractivity contribution in [3.05, 3.63) is 47.0 Å². The summed E-state index contributed by atoms with van der Waals surface area (Å²) in [5.74, 6) is 1.58. The predicted molar refractivity (Wildman–Crippen MR) is 113 cm³/mol. The molecule has 2 N–H and O–H groups in total. The van der Waals surface area contributed by atoms with Crippen molar-refractivity contribution in [2.75, 3.05) is 19.3 Å². The molecule has 0 atom stereocenters. The monoisotopic (exact) mass is 516 g/mol. The lowest BCUT2D eigenvalue weighted by Crippen LogP contribution is -2.37. The van der Waals surface area contributed by atoms with Gasteiger partial charge in [0.15, 0.2) is 5.96 Å². The molecule has 0 aliphatic carbocycles. The van der Waals surface area contributed by atoms with Gasteiger partial charge in [0.05, 0.1) is 5.56 Å². The average Bonchev–Trinajstić information content (AvgIpc) is 3.10. The molecule has 4 nitrogen and oxygen atoms in total. The Morgan fingerprint density at radius 1 is 1.23 bits per heavy atom. The zero-order valence-electron chi connectivity index (χ0n) is 14.0. The van der Waals surface area contributed by atoms with Gasteiger partial charge in [-0.15, -0.1) is 35.3 Å². The van der Waals surface area contributed by atoms with E-state index in [2.05, 4.69) is 20.6 Å². The Hall–Kier alpha value is -1.01. The molecular formula is C16H20F3IN4S2. The molecule has 0 aliphatic rings. The van der Waals surface area contributed by atoms with E-state index < -0.39 is 11.7 Å². The van der Waals surface area contributed by atoms with Crippen LogP contribution < -0.4 is 10.6 Å². The molecule has 10 heteroatoms. The third kappa shape index (κ3) is 8.12. The molecule has 2 aromatic rings. The van der Waals surface area contributed by atoms with Crippen LogP contribution in [-0.4, -0.2) is 30.3 Å². The van der Waals surface area contributed by atoms with E-state index in [0.29, 0.717) is 12.5 Å². The first-order valence-electron chi connectivity index (χ1n) is 7.62. The second kappa shape index (κ2) is 11.7. The fourth-order valence-electron chi connectivity index (χ4n) is 1.94. The first-order valence-corrected chi connectivity index (χ1v) is 9.48. The Bertz CT molecular complexity index is 661. The van der Waals surface area contributed by atoms with Crippen LogP contribution in [0.15, 0.2) is 45.2 Å². The van der Waals surface area contributed by atoms with Crippen LogP contribution in [0.25, 0.3) is 0 Å². The van der Waals surface area contributed by atoms with Crippen molar-refractivity contribution in [3.8, 4) is 0 Å². The summed E-state index contributed by atoms with van der Waals surface area (Å²) in [4.78, 5) is 8.31. The molecule has 26 heavy (non-hydrogen) atoms. The van der Waals surface area contributed by atoms with Gasteiger partial charge in [-0.25, -0.2) is 4.98 Å². The minimum absolute atomic E-state index is 0. The van der Waals surface area contributed by atoms with Crippen molar-refractivity contribution in [2.24, 2.45) is 4.99 Å². The van der Waals surface area contributed by atoms with Crippen LogP contribution in [-0.2, 0) is 12.7 Å². The highest BCUT2D eigenvalue weighted by molar-refractivity contribution is 14.0. The normalized spacial score (nSPS) is 11.8. The lowest BCUT2D eigenvalue weighted by Gasteiger charge is -2.12. The number of aliphatic imine (C=N–C) groups is 1. The largest absolute Gasteiger partial charge is 0.416 e. The lowest BCUT2D eigenvalue weighted by atomic mass is 10.1. The quantitative estimate of drug-likeness (QED) is 0.185. The number of aromatic nitrogens is 1. The smallest absolute Gasteiger partial charge is 0.356 e. The number of benzene rings is 1. The SMILES string of the molecule is CN=C(NCCCSc1nccs1)NCc1ccc(C(F)(F)F)cc1.I. The molecule has 0 saturated carbocycles. The molecule has 1 aromatic heterocycles. The van der Waals surface area contributed by atoms with Gasteiger partial charge >= 0.3 is 6.18 Å². The minimum Gasteiger partial charge on any atom is -0.356 e. The Balaban J connectivity index is 0.00000338. The summed E-state index contributed by atoms with van der Waals surface area (Å²) >= 11 is 3.34. The Morgan fingerprint density at radius 2 is 1.96 bits per heavy atom. The number of hydrogen-bond acceptors (Lipinski definition) is 4. The third-order valence-electron chi connectivity index (χ3n) is 3.21. The van der Waals surface area contributed by atoms with Gasteiger partial charge in [-0.3, -0.25) is 4.99 Å². The first kappa shape index (κ1) is 23.0. The molecule has 1 heterocycles. The zero-order chi connectivity index (χ0) is 18.1. The van der Waals surface area contributed by atoms with E-state index in [1.807, 2.05) is 5.38 Å². The van der Waals surface area contributed by atoms with Gasteiger partial charge in [0.25, 0.3) is 0 Å². The summed E-state index contributed by atoms with van der Waals surface area (Å²) in [5.41, 5.74) is 0.117. The molecule has 0 saturated heterocycles. The second-order valence-electron chi connectivity index (χ2n) is 5.05. The van der Waals surface area contributed by atoms with Gasteiger partial charge < -0.3 is 10.6 Å². The van der Waals surface area contributed by atoms with Gasteiger partial charge in [-0.05, 0) is 24.1 Å². The van der Waals surface area contributed by atoms with Crippen molar-refractivity contribution in [1.29, 1.82) is 0 Å². The van der Waals surface area contributed by atoms with E-state index in [9.17, 15) is 13.2 Å². The van der Waals surface area contributed by atoms with Crippen molar-refractivity contribution in [3.63, 3.8) is 0 Å². The molecule has 144 valence electrons. The number of hydrogen-bond donors (Lipinski definition) is 2. The zero-order valence-corrected chi connectivity index (χ0v) is 18.0. The molecule has 0 aliphatic heterocycles. The van der Waals surface area contributed by atoms with Crippen LogP contribution in [0.3, 0.4) is 0 Å². The Morgan fingerprint density at radius 3 is 2.54 bits per heavy atom. The molecule has 0 spiro atoms. The molecule has 2 rings (SSSR count). The third-order valence-corrected chi connectivity index (χ3v) is 5.27. The van der Waals surface area contributed by atoms with E-state index in [0.717, 1.165) is 40.8 Å². The molecule has 0 fully saturated rings. The fraction of sp³-hybridized carbons (Fsp3) is 0.375. The second-order valence-corrected chi connectivity index (χ2v) is 7.28. The highest BCUT2D eigenvalue weighted by Crippen LogP contribution is 2.29. The fourth-order valence-corrected chi connectivity index (χ4v) is 3.59. The van der Waals surface area contributed by atoms with Crippen LogP contribution in [0, 0.1) is 0 Å². The van der Waals surface area contributed by atoms with Crippen LogP contribution in [0.1, 0.15) is 17.5 Å². The summed E-state index contributed by atoms with van der Waals surface area (Å²) < 4.78 is 38.7. The number of nitrogens with zero attached hydrogens (tertiary/aromatic N) is 2. The highest BCUT2D eigenvalue weighted by atomic mass is 127. The van der Waals surface area contributed by atoms with E-state index in [4.69, 9.17) is 0 Å². The Kier molecular flexibility index (Phi) is 10.3. The summed E-state index contributed by atoms with van der Waals surface area (Å²) in [6.45, 7) is 1.16. The molecule has 0 amide bonds. The van der Waals surface area contributed by atoms with Crippen LogP contribution in [0.5, 0.6) is 0 Å². The molecule has 1 aromatic carbocycles. The number of nitrogens with one attached hydrogen (secondary N) is 2. The summed E-state index contributed by atoms with van der Waals surface area (Å²) in [6.07, 6.45) is -1.57. The molecule has 0 bridgehead atoms. The molecular weight excluding hydrogens is 496 g/mol. The summed E-state index contributed by atoms with van der Waals surface area (Å²) in [7, 11) is 1.66. The van der Waals surface area contributed by atoms with E-state index in [1.165, 1.54) is 12.1 Å².